The molecule has 6 aromatic carbocycles. The fourth-order valence-corrected chi connectivity index (χ4v) is 4.24. The fraction of sp³-hybridized carbons (Fsp3) is 0.108. The molecular weight excluding hydrogens is 659 g/mol. The fourth-order valence-electron chi connectivity index (χ4n) is 4.24. The van der Waals surface area contributed by atoms with Crippen LogP contribution in [0.5, 0.6) is 0 Å². The summed E-state index contributed by atoms with van der Waals surface area (Å²) in [5, 5.41) is 31.9. The number of rotatable bonds is 4. The van der Waals surface area contributed by atoms with Crippen molar-refractivity contribution in [3.05, 3.63) is 144 Å². The molecule has 0 heterocycles. The van der Waals surface area contributed by atoms with Crippen molar-refractivity contribution in [2.75, 3.05) is 0 Å². The van der Waals surface area contributed by atoms with E-state index in [2.05, 4.69) is 13.8 Å². The number of aromatic carboxylic acids is 3. The molecule has 7 heteroatoms. The van der Waals surface area contributed by atoms with Crippen LogP contribution in [-0.2, 0) is 0 Å². The van der Waals surface area contributed by atoms with Crippen molar-refractivity contribution in [3.8, 4) is 0 Å². The van der Waals surface area contributed by atoms with Crippen LogP contribution in [-0.4, -0.2) is 55.8 Å². The van der Waals surface area contributed by atoms with Crippen LogP contribution in [0, 0.1) is 5.92 Å². The van der Waals surface area contributed by atoms with Gasteiger partial charge in [-0.15, -0.1) is 0 Å². The maximum Gasteiger partial charge on any atom is 0.336 e. The standard InChI is InChI=1S/3C11H8O2.C4H9.Sn/c3*12-11(13)10-7-3-5-8-4-1-2-6-9(8)10;1-4(2)3;/h3*1-7H,(H,12,13);4H,1H2,2-3H3;. The second-order valence-electron chi connectivity index (χ2n) is 10.1. The van der Waals surface area contributed by atoms with Crippen LogP contribution in [0.25, 0.3) is 32.3 Å². The number of hydrogen-bond donors (Lipinski definition) is 3. The number of carbonyl (C=O) groups is 3. The predicted octanol–water partition coefficient (Wildman–Crippen LogP) is 8.84. The van der Waals surface area contributed by atoms with E-state index in [1.54, 1.807) is 58.9 Å². The minimum atomic E-state index is -0.878. The molecule has 6 aromatic rings. The van der Waals surface area contributed by atoms with Crippen LogP contribution in [0.4, 0.5) is 0 Å². The molecule has 0 aliphatic rings. The van der Waals surface area contributed by atoms with Crippen LogP contribution in [0.2, 0.25) is 4.44 Å². The van der Waals surface area contributed by atoms with E-state index in [1.165, 1.54) is 4.44 Å². The molecule has 0 aliphatic carbocycles. The molecule has 0 unspecified atom stereocenters. The van der Waals surface area contributed by atoms with Crippen molar-refractivity contribution in [1.29, 1.82) is 0 Å². The average molecular weight is 692 g/mol. The number of carboxylic acids is 3. The van der Waals surface area contributed by atoms with Gasteiger partial charge in [0.15, 0.2) is 0 Å². The van der Waals surface area contributed by atoms with Gasteiger partial charge in [-0.2, -0.15) is 0 Å². The van der Waals surface area contributed by atoms with Gasteiger partial charge in [-0.1, -0.05) is 109 Å². The molecule has 0 aliphatic heterocycles. The molecule has 6 nitrogen and oxygen atoms in total. The van der Waals surface area contributed by atoms with Crippen molar-refractivity contribution in [2.24, 2.45) is 5.92 Å². The molecule has 0 aromatic heterocycles. The van der Waals surface area contributed by atoms with Gasteiger partial charge in [0, 0.05) is 0 Å². The molecular formula is C37H33O6Sn. The Morgan fingerprint density at radius 2 is 0.705 bits per heavy atom. The Morgan fingerprint density at radius 3 is 0.932 bits per heavy atom. The van der Waals surface area contributed by atoms with E-state index < -0.39 is 17.9 Å². The normalized spacial score (nSPS) is 10.1. The Hall–Kier alpha value is -4.69. The number of fused-ring (bicyclic) bond motifs is 3. The van der Waals surface area contributed by atoms with E-state index in [0.717, 1.165) is 38.2 Å². The number of benzene rings is 6. The van der Waals surface area contributed by atoms with Crippen molar-refractivity contribution in [1.82, 2.24) is 0 Å². The average Bonchev–Trinajstić information content (AvgIpc) is 3.04. The smallest absolute Gasteiger partial charge is 0.336 e. The van der Waals surface area contributed by atoms with E-state index in [-0.39, 0.29) is 0 Å². The van der Waals surface area contributed by atoms with E-state index in [1.807, 2.05) is 91.0 Å². The van der Waals surface area contributed by atoms with E-state index in [9.17, 15) is 14.4 Å². The minimum Gasteiger partial charge on any atom is -0.478 e. The molecule has 6 rings (SSSR count). The van der Waals surface area contributed by atoms with Crippen LogP contribution in [0.15, 0.2) is 127 Å². The summed E-state index contributed by atoms with van der Waals surface area (Å²) in [5.74, 6) is -1.71. The summed E-state index contributed by atoms with van der Waals surface area (Å²) >= 11 is 1.66. The molecule has 0 fully saturated rings. The van der Waals surface area contributed by atoms with Gasteiger partial charge in [-0.25, -0.2) is 14.4 Å². The van der Waals surface area contributed by atoms with Crippen LogP contribution in [0.1, 0.15) is 44.9 Å². The second kappa shape index (κ2) is 16.8. The van der Waals surface area contributed by atoms with Crippen molar-refractivity contribution >= 4 is 72.8 Å². The Bertz CT molecular complexity index is 1650. The zero-order chi connectivity index (χ0) is 32.1. The maximum absolute atomic E-state index is 10.8. The Morgan fingerprint density at radius 1 is 0.477 bits per heavy atom. The summed E-state index contributed by atoms with van der Waals surface area (Å²) in [6, 6.07) is 38.2. The summed E-state index contributed by atoms with van der Waals surface area (Å²) in [4.78, 5) is 32.4. The molecule has 0 saturated carbocycles. The first-order chi connectivity index (χ1) is 21.1. The predicted molar refractivity (Wildman–Crippen MR) is 178 cm³/mol. The van der Waals surface area contributed by atoms with E-state index in [0.29, 0.717) is 16.7 Å². The molecule has 0 spiro atoms. The third kappa shape index (κ3) is 9.41. The van der Waals surface area contributed by atoms with Gasteiger partial charge in [-0.3, -0.25) is 0 Å². The summed E-state index contributed by atoms with van der Waals surface area (Å²) in [6.07, 6.45) is 0. The van der Waals surface area contributed by atoms with Crippen LogP contribution >= 0.6 is 0 Å². The van der Waals surface area contributed by atoms with Gasteiger partial charge in [0.25, 0.3) is 0 Å². The van der Waals surface area contributed by atoms with Gasteiger partial charge < -0.3 is 15.3 Å². The van der Waals surface area contributed by atoms with E-state index in [4.69, 9.17) is 15.3 Å². The first-order valence-electron chi connectivity index (χ1n) is 13.9. The summed E-state index contributed by atoms with van der Waals surface area (Å²) in [6.45, 7) is 4.49. The van der Waals surface area contributed by atoms with Crippen molar-refractivity contribution < 1.29 is 29.7 Å². The number of hydrogen-bond acceptors (Lipinski definition) is 3. The first-order valence-corrected chi connectivity index (χ1v) is 15.9. The zero-order valence-corrected chi connectivity index (χ0v) is 27.3. The third-order valence-corrected chi connectivity index (χ3v) is 8.80. The topological polar surface area (TPSA) is 112 Å². The zero-order valence-electron chi connectivity index (χ0n) is 24.5. The Labute approximate surface area is 269 Å². The largest absolute Gasteiger partial charge is 0.478 e. The van der Waals surface area contributed by atoms with Gasteiger partial charge in [0.1, 0.15) is 0 Å². The van der Waals surface area contributed by atoms with Crippen LogP contribution in [0.3, 0.4) is 0 Å². The molecule has 0 bridgehead atoms. The minimum absolute atomic E-state index is 0.359. The summed E-state index contributed by atoms with van der Waals surface area (Å²) < 4.78 is 1.40. The SMILES string of the molecule is CC(C)[CH2][Sn].O=C(O)c1cccc2ccccc12.O=C(O)c1cccc2ccccc12.O=C(O)c1cccc2ccccc12. The molecule has 0 amide bonds. The van der Waals surface area contributed by atoms with Gasteiger partial charge in [-0.05, 0) is 50.5 Å². The molecule has 44 heavy (non-hydrogen) atoms. The number of carboxylic acid groups (broad SMARTS) is 3. The molecule has 0 atom stereocenters. The third-order valence-electron chi connectivity index (χ3n) is 6.47. The molecule has 3 N–H and O–H groups in total. The monoisotopic (exact) mass is 693 g/mol. The Balaban J connectivity index is 0.000000168. The van der Waals surface area contributed by atoms with Crippen LogP contribution < -0.4 is 0 Å². The van der Waals surface area contributed by atoms with Gasteiger partial charge >= 0.3 is 64.6 Å². The van der Waals surface area contributed by atoms with Crippen molar-refractivity contribution in [2.45, 2.75) is 18.3 Å². The van der Waals surface area contributed by atoms with E-state index >= 15 is 0 Å². The maximum atomic E-state index is 10.8. The first kappa shape index (κ1) is 33.8. The summed E-state index contributed by atoms with van der Waals surface area (Å²) in [7, 11) is 0. The quantitative estimate of drug-likeness (QED) is 0.159. The molecule has 221 valence electrons. The Kier molecular flexibility index (Phi) is 12.9. The summed E-state index contributed by atoms with van der Waals surface area (Å²) in [5.41, 5.74) is 1.08. The van der Waals surface area contributed by atoms with Gasteiger partial charge in [0.2, 0.25) is 0 Å². The molecule has 3 radical (unpaired) electrons. The molecule has 0 saturated heterocycles. The second-order valence-corrected chi connectivity index (χ2v) is 11.3. The van der Waals surface area contributed by atoms with Crippen molar-refractivity contribution in [3.63, 3.8) is 0 Å². The van der Waals surface area contributed by atoms with Gasteiger partial charge in [0.05, 0.1) is 16.7 Å².